The standard InChI is InChI=1S/C22H31ClNO5PS/c1-4-10-22(24,14-29-30(26,27)28)11-9-16-5-7-18(13-19(16)23)31-21-12-17(15(2)3)6-8-20(21)25/h5-8,12-13,15,25H,4,9-11,14,24H2,1-3H3,(H2,26,27,28)/t22-/m0/s1. The first kappa shape index (κ1) is 26.2. The van der Waals surface area contributed by atoms with Gasteiger partial charge in [0.15, 0.2) is 0 Å². The highest BCUT2D eigenvalue weighted by molar-refractivity contribution is 7.99. The third-order valence-electron chi connectivity index (χ3n) is 5.06. The van der Waals surface area contributed by atoms with Crippen LogP contribution in [-0.4, -0.2) is 27.0 Å². The van der Waals surface area contributed by atoms with Gasteiger partial charge in [0.2, 0.25) is 0 Å². The fourth-order valence-electron chi connectivity index (χ4n) is 3.26. The Morgan fingerprint density at radius 3 is 2.48 bits per heavy atom. The Morgan fingerprint density at radius 1 is 1.19 bits per heavy atom. The average Bonchev–Trinajstić information content (AvgIpc) is 2.67. The Hall–Kier alpha value is -1.05. The van der Waals surface area contributed by atoms with Gasteiger partial charge in [0.05, 0.1) is 11.5 Å². The highest BCUT2D eigenvalue weighted by Crippen LogP contribution is 2.39. The summed E-state index contributed by atoms with van der Waals surface area (Å²) < 4.78 is 15.7. The van der Waals surface area contributed by atoms with Crippen molar-refractivity contribution in [2.75, 3.05) is 6.61 Å². The van der Waals surface area contributed by atoms with Gasteiger partial charge in [-0.1, -0.05) is 62.7 Å². The van der Waals surface area contributed by atoms with Crippen molar-refractivity contribution in [1.82, 2.24) is 0 Å². The predicted molar refractivity (Wildman–Crippen MR) is 126 cm³/mol. The lowest BCUT2D eigenvalue weighted by molar-refractivity contribution is 0.141. The number of phenolic OH excluding ortho intramolecular Hbond substituents is 1. The molecule has 172 valence electrons. The van der Waals surface area contributed by atoms with E-state index in [-0.39, 0.29) is 12.4 Å². The van der Waals surface area contributed by atoms with Crippen LogP contribution in [0.15, 0.2) is 46.2 Å². The van der Waals surface area contributed by atoms with Gasteiger partial charge in [0.1, 0.15) is 5.75 Å². The molecule has 0 aliphatic rings. The van der Waals surface area contributed by atoms with E-state index < -0.39 is 13.4 Å². The van der Waals surface area contributed by atoms with Crippen LogP contribution in [0.4, 0.5) is 0 Å². The molecule has 2 aromatic carbocycles. The van der Waals surface area contributed by atoms with Crippen LogP contribution in [0.1, 0.15) is 57.1 Å². The minimum atomic E-state index is -4.57. The van der Waals surface area contributed by atoms with Gasteiger partial charge in [0, 0.05) is 15.5 Å². The number of phosphoric ester groups is 1. The SMILES string of the molecule is CCC[C@](N)(CCc1ccc(Sc2cc(C(C)C)ccc2O)cc1Cl)COP(=O)(O)O. The quantitative estimate of drug-likeness (QED) is 0.293. The second-order valence-electron chi connectivity index (χ2n) is 8.11. The van der Waals surface area contributed by atoms with E-state index >= 15 is 0 Å². The van der Waals surface area contributed by atoms with E-state index in [0.717, 1.165) is 27.3 Å². The zero-order valence-electron chi connectivity index (χ0n) is 18.0. The summed E-state index contributed by atoms with van der Waals surface area (Å²) in [6.07, 6.45) is 2.37. The van der Waals surface area contributed by atoms with Gasteiger partial charge < -0.3 is 20.6 Å². The molecule has 2 rings (SSSR count). The van der Waals surface area contributed by atoms with Crippen molar-refractivity contribution >= 4 is 31.2 Å². The molecule has 9 heteroatoms. The zero-order valence-corrected chi connectivity index (χ0v) is 20.5. The van der Waals surface area contributed by atoms with Gasteiger partial charge in [-0.15, -0.1) is 0 Å². The molecule has 31 heavy (non-hydrogen) atoms. The summed E-state index contributed by atoms with van der Waals surface area (Å²) >= 11 is 7.95. The van der Waals surface area contributed by atoms with Gasteiger partial charge in [0.25, 0.3) is 0 Å². The van der Waals surface area contributed by atoms with Gasteiger partial charge in [-0.05, 0) is 60.6 Å². The molecule has 0 aromatic heterocycles. The van der Waals surface area contributed by atoms with Crippen LogP contribution in [0.25, 0.3) is 0 Å². The maximum atomic E-state index is 11.1. The van der Waals surface area contributed by atoms with Crippen LogP contribution in [0, 0.1) is 0 Å². The highest BCUT2D eigenvalue weighted by atomic mass is 35.5. The third kappa shape index (κ3) is 8.43. The van der Waals surface area contributed by atoms with E-state index in [2.05, 4.69) is 18.4 Å². The maximum absolute atomic E-state index is 11.1. The van der Waals surface area contributed by atoms with Gasteiger partial charge in [-0.3, -0.25) is 4.52 Å². The van der Waals surface area contributed by atoms with Gasteiger partial charge in [-0.2, -0.15) is 0 Å². The Balaban J connectivity index is 2.10. The van der Waals surface area contributed by atoms with E-state index in [1.165, 1.54) is 11.8 Å². The second kappa shape index (κ2) is 11.2. The number of aromatic hydroxyl groups is 1. The third-order valence-corrected chi connectivity index (χ3v) is 6.92. The fourth-order valence-corrected chi connectivity index (χ4v) is 4.96. The molecule has 0 heterocycles. The topological polar surface area (TPSA) is 113 Å². The molecule has 0 saturated carbocycles. The van der Waals surface area contributed by atoms with Crippen molar-refractivity contribution in [2.24, 2.45) is 5.73 Å². The molecule has 0 radical (unpaired) electrons. The van der Waals surface area contributed by atoms with Crippen molar-refractivity contribution in [3.8, 4) is 5.75 Å². The van der Waals surface area contributed by atoms with Crippen LogP contribution in [0.5, 0.6) is 5.75 Å². The Morgan fingerprint density at radius 2 is 1.90 bits per heavy atom. The van der Waals surface area contributed by atoms with Gasteiger partial charge in [-0.25, -0.2) is 4.57 Å². The number of benzene rings is 2. The highest BCUT2D eigenvalue weighted by Gasteiger charge is 2.28. The first-order valence-electron chi connectivity index (χ1n) is 10.2. The molecular weight excluding hydrogens is 457 g/mol. The van der Waals surface area contributed by atoms with Crippen molar-refractivity contribution < 1.29 is 24.0 Å². The number of aryl methyl sites for hydroxylation is 1. The summed E-state index contributed by atoms with van der Waals surface area (Å²) in [6.45, 7) is 5.95. The number of phenols is 1. The summed E-state index contributed by atoms with van der Waals surface area (Å²) in [7, 11) is -4.57. The molecule has 0 aliphatic carbocycles. The molecule has 1 atom stereocenters. The van der Waals surface area contributed by atoms with E-state index in [1.54, 1.807) is 6.07 Å². The molecule has 0 unspecified atom stereocenters. The van der Waals surface area contributed by atoms with Crippen LogP contribution >= 0.6 is 31.2 Å². The molecule has 0 saturated heterocycles. The number of hydrogen-bond acceptors (Lipinski definition) is 5. The summed E-state index contributed by atoms with van der Waals surface area (Å²) in [6, 6.07) is 11.3. The van der Waals surface area contributed by atoms with E-state index in [1.807, 2.05) is 37.3 Å². The Labute approximate surface area is 193 Å². The number of hydrogen-bond donors (Lipinski definition) is 4. The predicted octanol–water partition coefficient (Wildman–Crippen LogP) is 5.86. The maximum Gasteiger partial charge on any atom is 0.469 e. The first-order valence-corrected chi connectivity index (χ1v) is 12.9. The summed E-state index contributed by atoms with van der Waals surface area (Å²) in [4.78, 5) is 19.7. The normalized spacial score (nSPS) is 14.1. The average molecular weight is 488 g/mol. The van der Waals surface area contributed by atoms with Crippen LogP contribution in [0.2, 0.25) is 5.02 Å². The zero-order chi connectivity index (χ0) is 23.2. The Kier molecular flexibility index (Phi) is 9.46. The molecule has 2 aromatic rings. The second-order valence-corrected chi connectivity index (χ2v) is 10.9. The minimum absolute atomic E-state index is 0.220. The lowest BCUT2D eigenvalue weighted by Gasteiger charge is -2.29. The Bertz CT molecular complexity index is 936. The molecule has 0 spiro atoms. The van der Waals surface area contributed by atoms with Crippen molar-refractivity contribution in [3.05, 3.63) is 52.5 Å². The van der Waals surface area contributed by atoms with Crippen molar-refractivity contribution in [1.29, 1.82) is 0 Å². The number of phosphoric acid groups is 1. The molecule has 5 N–H and O–H groups in total. The number of nitrogens with two attached hydrogens (primary N) is 1. The van der Waals surface area contributed by atoms with E-state index in [4.69, 9.17) is 27.1 Å². The van der Waals surface area contributed by atoms with Crippen molar-refractivity contribution in [2.45, 2.75) is 67.7 Å². The number of rotatable bonds is 11. The van der Waals surface area contributed by atoms with Crippen molar-refractivity contribution in [3.63, 3.8) is 0 Å². The summed E-state index contributed by atoms with van der Waals surface area (Å²) in [5, 5.41) is 10.8. The lowest BCUT2D eigenvalue weighted by atomic mass is 9.89. The summed E-state index contributed by atoms with van der Waals surface area (Å²) in [5.41, 5.74) is 7.55. The minimum Gasteiger partial charge on any atom is -0.507 e. The fraction of sp³-hybridized carbons (Fsp3) is 0.455. The lowest BCUT2D eigenvalue weighted by Crippen LogP contribution is -2.44. The molecule has 0 amide bonds. The molecule has 6 nitrogen and oxygen atoms in total. The van der Waals surface area contributed by atoms with Crippen LogP contribution in [-0.2, 0) is 15.5 Å². The van der Waals surface area contributed by atoms with E-state index in [9.17, 15) is 9.67 Å². The van der Waals surface area contributed by atoms with Crippen LogP contribution in [0.3, 0.4) is 0 Å². The van der Waals surface area contributed by atoms with Gasteiger partial charge >= 0.3 is 7.82 Å². The molecular formula is C22H31ClNO5PS. The van der Waals surface area contributed by atoms with Crippen LogP contribution < -0.4 is 5.73 Å². The molecule has 0 bridgehead atoms. The molecule has 0 aliphatic heterocycles. The smallest absolute Gasteiger partial charge is 0.469 e. The summed E-state index contributed by atoms with van der Waals surface area (Å²) in [5.74, 6) is 0.590. The first-order chi connectivity index (χ1) is 14.4. The monoisotopic (exact) mass is 487 g/mol. The number of halogens is 1. The largest absolute Gasteiger partial charge is 0.507 e. The molecule has 0 fully saturated rings. The van der Waals surface area contributed by atoms with E-state index in [0.29, 0.717) is 30.2 Å².